The van der Waals surface area contributed by atoms with Crippen molar-refractivity contribution in [3.05, 3.63) is 53.1 Å². The third kappa shape index (κ3) is 1.97. The van der Waals surface area contributed by atoms with Crippen molar-refractivity contribution in [3.63, 3.8) is 0 Å². The fourth-order valence-corrected chi connectivity index (χ4v) is 2.38. The standard InChI is InChI=1S/C16H14O3/c1-10-3-5-13-11(7-10)9-19-16(17)15-8-12(18-2)4-6-14(13)15/h3-8H,9H2,1-2H3. The molecule has 0 aliphatic carbocycles. The van der Waals surface area contributed by atoms with E-state index in [-0.39, 0.29) is 5.97 Å². The molecule has 1 aliphatic rings. The minimum atomic E-state index is -0.303. The molecule has 0 radical (unpaired) electrons. The number of esters is 1. The number of aryl methyl sites for hydroxylation is 1. The Morgan fingerprint density at radius 3 is 2.63 bits per heavy atom. The van der Waals surface area contributed by atoms with Gasteiger partial charge in [0, 0.05) is 0 Å². The van der Waals surface area contributed by atoms with Crippen LogP contribution in [0.2, 0.25) is 0 Å². The van der Waals surface area contributed by atoms with Crippen LogP contribution in [-0.4, -0.2) is 13.1 Å². The van der Waals surface area contributed by atoms with Crippen molar-refractivity contribution >= 4 is 5.97 Å². The molecule has 2 aromatic carbocycles. The zero-order valence-corrected chi connectivity index (χ0v) is 10.9. The number of methoxy groups -OCH3 is 1. The van der Waals surface area contributed by atoms with Crippen LogP contribution in [0.4, 0.5) is 0 Å². The summed E-state index contributed by atoms with van der Waals surface area (Å²) in [5.74, 6) is 0.356. The number of hydrogen-bond acceptors (Lipinski definition) is 3. The van der Waals surface area contributed by atoms with Crippen LogP contribution in [0, 0.1) is 6.92 Å². The topological polar surface area (TPSA) is 35.5 Å². The zero-order chi connectivity index (χ0) is 13.4. The Labute approximate surface area is 111 Å². The highest BCUT2D eigenvalue weighted by Gasteiger charge is 2.21. The summed E-state index contributed by atoms with van der Waals surface area (Å²) in [5.41, 5.74) is 4.71. The first kappa shape index (κ1) is 11.8. The van der Waals surface area contributed by atoms with Crippen molar-refractivity contribution in [2.45, 2.75) is 13.5 Å². The number of rotatable bonds is 1. The van der Waals surface area contributed by atoms with Gasteiger partial charge in [0.1, 0.15) is 12.4 Å². The van der Waals surface area contributed by atoms with E-state index in [9.17, 15) is 4.79 Å². The van der Waals surface area contributed by atoms with Crippen LogP contribution in [0.3, 0.4) is 0 Å². The molecular weight excluding hydrogens is 240 g/mol. The molecule has 1 heterocycles. The maximum Gasteiger partial charge on any atom is 0.339 e. The first-order valence-electron chi connectivity index (χ1n) is 6.14. The lowest BCUT2D eigenvalue weighted by molar-refractivity contribution is 0.0478. The minimum Gasteiger partial charge on any atom is -0.497 e. The summed E-state index contributed by atoms with van der Waals surface area (Å²) in [6.45, 7) is 2.34. The number of ether oxygens (including phenoxy) is 2. The van der Waals surface area contributed by atoms with Crippen molar-refractivity contribution in [2.24, 2.45) is 0 Å². The highest BCUT2D eigenvalue weighted by molar-refractivity contribution is 5.99. The predicted octanol–water partition coefficient (Wildman–Crippen LogP) is 3.34. The Balaban J connectivity index is 2.25. The third-order valence-corrected chi connectivity index (χ3v) is 3.36. The van der Waals surface area contributed by atoms with Crippen molar-refractivity contribution in [1.82, 2.24) is 0 Å². The predicted molar refractivity (Wildman–Crippen MR) is 72.3 cm³/mol. The first-order chi connectivity index (χ1) is 9.19. The van der Waals surface area contributed by atoms with Crippen LogP contribution in [0.25, 0.3) is 11.1 Å². The summed E-state index contributed by atoms with van der Waals surface area (Å²) in [5, 5.41) is 0. The fourth-order valence-electron chi connectivity index (χ4n) is 2.38. The number of carbonyl (C=O) groups excluding carboxylic acids is 1. The Hall–Kier alpha value is -2.29. The summed E-state index contributed by atoms with van der Waals surface area (Å²) in [6, 6.07) is 11.6. The Morgan fingerprint density at radius 1 is 1.05 bits per heavy atom. The van der Waals surface area contributed by atoms with Crippen LogP contribution in [0.1, 0.15) is 21.5 Å². The van der Waals surface area contributed by atoms with Gasteiger partial charge in [-0.3, -0.25) is 0 Å². The molecule has 0 N–H and O–H groups in total. The van der Waals surface area contributed by atoms with Gasteiger partial charge >= 0.3 is 5.97 Å². The maximum atomic E-state index is 12.0. The highest BCUT2D eigenvalue weighted by atomic mass is 16.5. The molecule has 3 heteroatoms. The fraction of sp³-hybridized carbons (Fsp3) is 0.188. The molecule has 3 rings (SSSR count). The van der Waals surface area contributed by atoms with Crippen LogP contribution in [0.5, 0.6) is 5.75 Å². The monoisotopic (exact) mass is 254 g/mol. The molecule has 0 bridgehead atoms. The molecule has 0 unspecified atom stereocenters. The average molecular weight is 254 g/mol. The van der Waals surface area contributed by atoms with E-state index in [1.54, 1.807) is 13.2 Å². The van der Waals surface area contributed by atoms with E-state index in [4.69, 9.17) is 9.47 Å². The SMILES string of the molecule is COc1ccc2c(c1)C(=O)OCc1cc(C)ccc1-2. The minimum absolute atomic E-state index is 0.303. The second-order valence-electron chi connectivity index (χ2n) is 4.65. The molecule has 0 fully saturated rings. The lowest BCUT2D eigenvalue weighted by Gasteiger charge is -2.09. The molecule has 19 heavy (non-hydrogen) atoms. The number of cyclic esters (lactones) is 1. The van der Waals surface area contributed by atoms with Gasteiger partial charge in [-0.05, 0) is 41.8 Å². The second kappa shape index (κ2) is 4.43. The van der Waals surface area contributed by atoms with Crippen molar-refractivity contribution in [3.8, 4) is 16.9 Å². The van der Waals surface area contributed by atoms with Crippen LogP contribution in [0.15, 0.2) is 36.4 Å². The van der Waals surface area contributed by atoms with Crippen LogP contribution >= 0.6 is 0 Å². The molecule has 0 atom stereocenters. The van der Waals surface area contributed by atoms with Crippen molar-refractivity contribution in [2.75, 3.05) is 7.11 Å². The Kier molecular flexibility index (Phi) is 2.75. The Bertz CT molecular complexity index is 659. The molecule has 1 aliphatic heterocycles. The summed E-state index contributed by atoms with van der Waals surface area (Å²) >= 11 is 0. The van der Waals surface area contributed by atoms with E-state index >= 15 is 0 Å². The summed E-state index contributed by atoms with van der Waals surface area (Å²) in [4.78, 5) is 12.0. The molecule has 96 valence electrons. The van der Waals surface area contributed by atoms with E-state index in [1.807, 2.05) is 31.2 Å². The molecule has 0 aromatic heterocycles. The van der Waals surface area contributed by atoms with Gasteiger partial charge in [0.05, 0.1) is 12.7 Å². The molecule has 0 saturated heterocycles. The van der Waals surface area contributed by atoms with E-state index in [2.05, 4.69) is 6.07 Å². The van der Waals surface area contributed by atoms with Gasteiger partial charge < -0.3 is 9.47 Å². The number of benzene rings is 2. The van der Waals surface area contributed by atoms with Gasteiger partial charge in [0.2, 0.25) is 0 Å². The highest BCUT2D eigenvalue weighted by Crippen LogP contribution is 2.34. The second-order valence-corrected chi connectivity index (χ2v) is 4.65. The lowest BCUT2D eigenvalue weighted by atomic mass is 9.95. The van der Waals surface area contributed by atoms with E-state index in [0.717, 1.165) is 22.3 Å². The number of fused-ring (bicyclic) bond motifs is 3. The molecule has 3 nitrogen and oxygen atoms in total. The van der Waals surface area contributed by atoms with E-state index < -0.39 is 0 Å². The van der Waals surface area contributed by atoms with Gasteiger partial charge in [-0.1, -0.05) is 23.8 Å². The van der Waals surface area contributed by atoms with E-state index in [0.29, 0.717) is 17.9 Å². The largest absolute Gasteiger partial charge is 0.497 e. The number of carbonyl (C=O) groups is 1. The summed E-state index contributed by atoms with van der Waals surface area (Å²) in [7, 11) is 1.58. The lowest BCUT2D eigenvalue weighted by Crippen LogP contribution is -2.03. The number of hydrogen-bond donors (Lipinski definition) is 0. The summed E-state index contributed by atoms with van der Waals surface area (Å²) < 4.78 is 10.5. The quantitative estimate of drug-likeness (QED) is 0.732. The van der Waals surface area contributed by atoms with E-state index in [1.165, 1.54) is 0 Å². The molecule has 0 spiro atoms. The van der Waals surface area contributed by atoms with Gasteiger partial charge in [-0.25, -0.2) is 4.79 Å². The first-order valence-corrected chi connectivity index (χ1v) is 6.14. The van der Waals surface area contributed by atoms with Crippen LogP contribution < -0.4 is 4.74 Å². The van der Waals surface area contributed by atoms with Gasteiger partial charge in [0.25, 0.3) is 0 Å². The summed E-state index contributed by atoms with van der Waals surface area (Å²) in [6.07, 6.45) is 0. The maximum absolute atomic E-state index is 12.0. The Morgan fingerprint density at radius 2 is 1.84 bits per heavy atom. The molecular formula is C16H14O3. The molecule has 2 aromatic rings. The van der Waals surface area contributed by atoms with Crippen molar-refractivity contribution < 1.29 is 14.3 Å². The third-order valence-electron chi connectivity index (χ3n) is 3.36. The van der Waals surface area contributed by atoms with Gasteiger partial charge in [-0.15, -0.1) is 0 Å². The van der Waals surface area contributed by atoms with Crippen LogP contribution in [-0.2, 0) is 11.3 Å². The molecule has 0 saturated carbocycles. The zero-order valence-electron chi connectivity index (χ0n) is 10.9. The van der Waals surface area contributed by atoms with Gasteiger partial charge in [-0.2, -0.15) is 0 Å². The average Bonchev–Trinajstić information content (AvgIpc) is 2.56. The normalized spacial score (nSPS) is 13.1. The van der Waals surface area contributed by atoms with Gasteiger partial charge in [0.15, 0.2) is 0 Å². The molecule has 0 amide bonds. The van der Waals surface area contributed by atoms with Crippen molar-refractivity contribution in [1.29, 1.82) is 0 Å². The smallest absolute Gasteiger partial charge is 0.339 e.